The van der Waals surface area contributed by atoms with Crippen molar-refractivity contribution in [3.05, 3.63) is 53.6 Å². The third-order valence-electron chi connectivity index (χ3n) is 3.97. The van der Waals surface area contributed by atoms with E-state index in [9.17, 15) is 4.79 Å². The highest BCUT2D eigenvalue weighted by atomic mass is 35.5. The smallest absolute Gasteiger partial charge is 0.234 e. The van der Waals surface area contributed by atoms with E-state index in [1.54, 1.807) is 25.4 Å². The maximum absolute atomic E-state index is 12.2. The van der Waals surface area contributed by atoms with Crippen molar-refractivity contribution in [3.8, 4) is 11.5 Å². The fourth-order valence-electron chi connectivity index (χ4n) is 2.51. The van der Waals surface area contributed by atoms with Crippen LogP contribution in [0.2, 0.25) is 5.15 Å². The van der Waals surface area contributed by atoms with E-state index in [2.05, 4.69) is 20.5 Å². The molecule has 0 bridgehead atoms. The molecule has 10 heteroatoms. The van der Waals surface area contributed by atoms with Crippen molar-refractivity contribution in [2.75, 3.05) is 18.2 Å². The number of anilines is 1. The normalized spacial score (nSPS) is 11.7. The van der Waals surface area contributed by atoms with E-state index in [4.69, 9.17) is 21.1 Å². The lowest BCUT2D eigenvalue weighted by Crippen LogP contribution is -2.15. The molecular formula is C19H20ClN5O3S. The number of rotatable bonds is 8. The van der Waals surface area contributed by atoms with Gasteiger partial charge in [-0.2, -0.15) is 0 Å². The summed E-state index contributed by atoms with van der Waals surface area (Å²) in [5, 5.41) is 11.9. The van der Waals surface area contributed by atoms with Gasteiger partial charge in [-0.05, 0) is 43.3 Å². The van der Waals surface area contributed by atoms with Crippen LogP contribution >= 0.6 is 23.4 Å². The Hall–Kier alpha value is -2.78. The molecule has 1 aromatic carbocycles. The number of hydrogen-bond donors (Lipinski definition) is 1. The first kappa shape index (κ1) is 20.9. The van der Waals surface area contributed by atoms with Crippen molar-refractivity contribution >= 4 is 35.0 Å². The molecule has 0 aliphatic heterocycles. The first-order valence-corrected chi connectivity index (χ1v) is 10.1. The third-order valence-corrected chi connectivity index (χ3v) is 5.29. The summed E-state index contributed by atoms with van der Waals surface area (Å²) in [6.45, 7) is 1.89. The van der Waals surface area contributed by atoms with Crippen LogP contribution in [0.15, 0.2) is 47.8 Å². The van der Waals surface area contributed by atoms with Crippen LogP contribution < -0.4 is 14.8 Å². The Morgan fingerprint density at radius 1 is 1.24 bits per heavy atom. The molecule has 0 saturated carbocycles. The van der Waals surface area contributed by atoms with Gasteiger partial charge in [0, 0.05) is 13.2 Å². The lowest BCUT2D eigenvalue weighted by molar-refractivity contribution is -0.113. The second kappa shape index (κ2) is 9.62. The number of carbonyl (C=O) groups is 1. The number of pyridine rings is 1. The van der Waals surface area contributed by atoms with Gasteiger partial charge in [0.2, 0.25) is 5.91 Å². The number of benzene rings is 1. The van der Waals surface area contributed by atoms with Gasteiger partial charge < -0.3 is 19.4 Å². The minimum Gasteiger partial charge on any atom is -0.497 e. The van der Waals surface area contributed by atoms with E-state index in [1.165, 1.54) is 11.8 Å². The van der Waals surface area contributed by atoms with Crippen molar-refractivity contribution in [2.45, 2.75) is 18.2 Å². The average molecular weight is 434 g/mol. The van der Waals surface area contributed by atoms with Gasteiger partial charge in [0.25, 0.3) is 0 Å². The van der Waals surface area contributed by atoms with Crippen LogP contribution in [0.4, 0.5) is 5.69 Å². The number of aromatic nitrogens is 4. The van der Waals surface area contributed by atoms with E-state index in [0.717, 1.165) is 5.75 Å². The SMILES string of the molecule is COc1ccc(OC(C)c2nnc(SCC(=O)Nc3cccnc3Cl)n2C)cc1. The maximum atomic E-state index is 12.2. The fourth-order valence-corrected chi connectivity index (χ4v) is 3.40. The third kappa shape index (κ3) is 5.39. The molecule has 1 atom stereocenters. The lowest BCUT2D eigenvalue weighted by atomic mass is 10.3. The Kier molecular flexibility index (Phi) is 6.95. The second-order valence-electron chi connectivity index (χ2n) is 6.01. The Morgan fingerprint density at radius 3 is 2.66 bits per heavy atom. The molecule has 0 fully saturated rings. The molecule has 8 nitrogen and oxygen atoms in total. The minimum atomic E-state index is -0.321. The molecule has 2 heterocycles. The Bertz CT molecular complexity index is 980. The molecule has 0 saturated heterocycles. The van der Waals surface area contributed by atoms with Crippen molar-refractivity contribution in [1.29, 1.82) is 0 Å². The fraction of sp³-hybridized carbons (Fsp3) is 0.263. The Labute approximate surface area is 177 Å². The number of carbonyl (C=O) groups excluding carboxylic acids is 1. The first-order chi connectivity index (χ1) is 14.0. The highest BCUT2D eigenvalue weighted by Crippen LogP contribution is 2.25. The zero-order valence-corrected chi connectivity index (χ0v) is 17.7. The number of nitrogens with zero attached hydrogens (tertiary/aromatic N) is 4. The van der Waals surface area contributed by atoms with Crippen LogP contribution in [0.1, 0.15) is 18.9 Å². The summed E-state index contributed by atoms with van der Waals surface area (Å²) < 4.78 is 12.9. The predicted molar refractivity (Wildman–Crippen MR) is 112 cm³/mol. The monoisotopic (exact) mass is 433 g/mol. The molecule has 0 spiro atoms. The maximum Gasteiger partial charge on any atom is 0.234 e. The summed E-state index contributed by atoms with van der Waals surface area (Å²) >= 11 is 7.22. The highest BCUT2D eigenvalue weighted by molar-refractivity contribution is 7.99. The summed E-state index contributed by atoms with van der Waals surface area (Å²) in [4.78, 5) is 16.1. The van der Waals surface area contributed by atoms with Crippen molar-refractivity contribution in [3.63, 3.8) is 0 Å². The zero-order chi connectivity index (χ0) is 20.8. The molecule has 1 amide bonds. The number of methoxy groups -OCH3 is 1. The van der Waals surface area contributed by atoms with Crippen molar-refractivity contribution < 1.29 is 14.3 Å². The Balaban J connectivity index is 1.58. The number of nitrogens with one attached hydrogen (secondary N) is 1. The number of thioether (sulfide) groups is 1. The summed E-state index contributed by atoms with van der Waals surface area (Å²) in [5.74, 6) is 2.05. The Morgan fingerprint density at radius 2 is 1.97 bits per heavy atom. The summed E-state index contributed by atoms with van der Waals surface area (Å²) in [6.07, 6.45) is 1.24. The van der Waals surface area contributed by atoms with Crippen LogP contribution in [-0.4, -0.2) is 38.5 Å². The zero-order valence-electron chi connectivity index (χ0n) is 16.1. The van der Waals surface area contributed by atoms with Gasteiger partial charge in [-0.1, -0.05) is 23.4 Å². The molecule has 0 aliphatic rings. The molecule has 2 aromatic heterocycles. The molecular weight excluding hydrogens is 414 g/mol. The van der Waals surface area contributed by atoms with Gasteiger partial charge >= 0.3 is 0 Å². The van der Waals surface area contributed by atoms with Crippen LogP contribution in [0.3, 0.4) is 0 Å². The molecule has 152 valence electrons. The van der Waals surface area contributed by atoms with Gasteiger partial charge in [0.05, 0.1) is 18.6 Å². The summed E-state index contributed by atoms with van der Waals surface area (Å²) in [5.41, 5.74) is 0.472. The molecule has 3 rings (SSSR count). The van der Waals surface area contributed by atoms with Gasteiger partial charge in [-0.3, -0.25) is 4.79 Å². The standard InChI is InChI=1S/C19H20ClN5O3S/c1-12(28-14-8-6-13(27-3)7-9-14)18-23-24-19(25(18)2)29-11-16(26)22-15-5-4-10-21-17(15)20/h4-10,12H,11H2,1-3H3,(H,22,26). The largest absolute Gasteiger partial charge is 0.497 e. The lowest BCUT2D eigenvalue weighted by Gasteiger charge is -2.14. The molecule has 0 radical (unpaired) electrons. The van der Waals surface area contributed by atoms with Crippen LogP contribution in [0, 0.1) is 0 Å². The summed E-state index contributed by atoms with van der Waals surface area (Å²) in [7, 11) is 3.45. The van der Waals surface area contributed by atoms with E-state index in [0.29, 0.717) is 22.4 Å². The summed E-state index contributed by atoms with van der Waals surface area (Å²) in [6, 6.07) is 10.7. The van der Waals surface area contributed by atoms with Crippen LogP contribution in [-0.2, 0) is 11.8 Å². The highest BCUT2D eigenvalue weighted by Gasteiger charge is 2.18. The van der Waals surface area contributed by atoms with Gasteiger partial charge in [-0.25, -0.2) is 4.98 Å². The molecule has 3 aromatic rings. The van der Waals surface area contributed by atoms with E-state index in [-0.39, 0.29) is 22.9 Å². The van der Waals surface area contributed by atoms with Crippen LogP contribution in [0.5, 0.6) is 11.5 Å². The first-order valence-electron chi connectivity index (χ1n) is 8.71. The molecule has 0 aliphatic carbocycles. The van der Waals surface area contributed by atoms with E-state index < -0.39 is 0 Å². The minimum absolute atomic E-state index is 0.158. The quantitative estimate of drug-likeness (QED) is 0.427. The van der Waals surface area contributed by atoms with Crippen LogP contribution in [0.25, 0.3) is 0 Å². The van der Waals surface area contributed by atoms with Gasteiger partial charge in [-0.15, -0.1) is 10.2 Å². The van der Waals surface area contributed by atoms with Gasteiger partial charge in [0.1, 0.15) is 11.5 Å². The van der Waals surface area contributed by atoms with Crippen molar-refractivity contribution in [2.24, 2.45) is 7.05 Å². The van der Waals surface area contributed by atoms with Gasteiger partial charge in [0.15, 0.2) is 22.2 Å². The number of hydrogen-bond acceptors (Lipinski definition) is 7. The number of halogens is 1. The number of ether oxygens (including phenoxy) is 2. The molecule has 1 unspecified atom stereocenters. The van der Waals surface area contributed by atoms with E-state index >= 15 is 0 Å². The van der Waals surface area contributed by atoms with E-state index in [1.807, 2.05) is 42.8 Å². The van der Waals surface area contributed by atoms with Crippen molar-refractivity contribution in [1.82, 2.24) is 19.7 Å². The predicted octanol–water partition coefficient (Wildman–Crippen LogP) is 3.74. The molecule has 29 heavy (non-hydrogen) atoms. The second-order valence-corrected chi connectivity index (χ2v) is 7.31. The number of amides is 1. The average Bonchev–Trinajstić information content (AvgIpc) is 3.09. The molecule has 1 N–H and O–H groups in total. The topological polar surface area (TPSA) is 91.2 Å².